The largest absolute Gasteiger partial charge is 0.377 e. The predicted octanol–water partition coefficient (Wildman–Crippen LogP) is 2.00. The molecule has 1 atom stereocenters. The molecule has 0 aromatic rings. The Morgan fingerprint density at radius 3 is 2.00 bits per heavy atom. The normalized spacial score (nSPS) is 12.3. The first-order chi connectivity index (χ1) is 5.16. The van der Waals surface area contributed by atoms with Gasteiger partial charge in [0.25, 0.3) is 0 Å². The van der Waals surface area contributed by atoms with E-state index < -0.39 is 0 Å². The Labute approximate surface area is 71.5 Å². The molecule has 2 nitrogen and oxygen atoms in total. The SMILES string of the molecule is CC.CCOC(C)CN(C)C. The van der Waals surface area contributed by atoms with E-state index >= 15 is 0 Å². The standard InChI is InChI=1S/C7H17NO.C2H6/c1-5-9-7(2)6-8(3)4;1-2/h7H,5-6H2,1-4H3;1-2H3. The quantitative estimate of drug-likeness (QED) is 0.625. The molecule has 0 aliphatic rings. The maximum absolute atomic E-state index is 5.31. The first kappa shape index (κ1) is 13.5. The summed E-state index contributed by atoms with van der Waals surface area (Å²) in [7, 11) is 4.10. The molecular formula is C9H23NO. The first-order valence-corrected chi connectivity index (χ1v) is 4.43. The van der Waals surface area contributed by atoms with Crippen molar-refractivity contribution >= 4 is 0 Å². The molecular weight excluding hydrogens is 138 g/mol. The van der Waals surface area contributed by atoms with Crippen molar-refractivity contribution in [2.75, 3.05) is 27.2 Å². The van der Waals surface area contributed by atoms with Crippen molar-refractivity contribution in [1.29, 1.82) is 0 Å². The molecule has 1 unspecified atom stereocenters. The minimum absolute atomic E-state index is 0.366. The highest BCUT2D eigenvalue weighted by Crippen LogP contribution is 1.90. The number of rotatable bonds is 4. The molecule has 0 bridgehead atoms. The summed E-state index contributed by atoms with van der Waals surface area (Å²) in [6.07, 6.45) is 0.366. The highest BCUT2D eigenvalue weighted by Gasteiger charge is 2.00. The molecule has 0 spiro atoms. The van der Waals surface area contributed by atoms with Crippen molar-refractivity contribution in [2.24, 2.45) is 0 Å². The summed E-state index contributed by atoms with van der Waals surface area (Å²) in [6.45, 7) is 9.93. The lowest BCUT2D eigenvalue weighted by Gasteiger charge is -2.16. The number of hydrogen-bond donors (Lipinski definition) is 0. The van der Waals surface area contributed by atoms with E-state index in [1.165, 1.54) is 0 Å². The van der Waals surface area contributed by atoms with Crippen LogP contribution in [0.25, 0.3) is 0 Å². The molecule has 0 aliphatic carbocycles. The lowest BCUT2D eigenvalue weighted by Crippen LogP contribution is -2.25. The molecule has 0 radical (unpaired) electrons. The van der Waals surface area contributed by atoms with Crippen LogP contribution in [0.3, 0.4) is 0 Å². The predicted molar refractivity (Wildman–Crippen MR) is 51.0 cm³/mol. The van der Waals surface area contributed by atoms with Crippen LogP contribution in [-0.2, 0) is 4.74 Å². The van der Waals surface area contributed by atoms with Gasteiger partial charge in [0, 0.05) is 13.2 Å². The topological polar surface area (TPSA) is 12.5 Å². The van der Waals surface area contributed by atoms with Crippen LogP contribution in [0.5, 0.6) is 0 Å². The third kappa shape index (κ3) is 13.0. The van der Waals surface area contributed by atoms with Gasteiger partial charge in [-0.2, -0.15) is 0 Å². The fourth-order valence-electron chi connectivity index (χ4n) is 0.851. The van der Waals surface area contributed by atoms with Crippen LogP contribution in [0, 0.1) is 0 Å². The van der Waals surface area contributed by atoms with Crippen molar-refractivity contribution in [3.8, 4) is 0 Å². The molecule has 0 heterocycles. The molecule has 11 heavy (non-hydrogen) atoms. The van der Waals surface area contributed by atoms with Gasteiger partial charge in [0.05, 0.1) is 6.10 Å². The third-order valence-electron chi connectivity index (χ3n) is 1.07. The third-order valence-corrected chi connectivity index (χ3v) is 1.07. The molecule has 0 N–H and O–H groups in total. The van der Waals surface area contributed by atoms with E-state index in [0.717, 1.165) is 13.2 Å². The van der Waals surface area contributed by atoms with Crippen LogP contribution in [0.1, 0.15) is 27.7 Å². The van der Waals surface area contributed by atoms with Crippen molar-refractivity contribution in [3.63, 3.8) is 0 Å². The van der Waals surface area contributed by atoms with Crippen LogP contribution in [0.4, 0.5) is 0 Å². The van der Waals surface area contributed by atoms with Crippen LogP contribution < -0.4 is 0 Å². The average molecular weight is 161 g/mol. The molecule has 2 heteroatoms. The molecule has 0 saturated carbocycles. The highest BCUT2D eigenvalue weighted by atomic mass is 16.5. The lowest BCUT2D eigenvalue weighted by molar-refractivity contribution is 0.0572. The Kier molecular flexibility index (Phi) is 12.2. The minimum atomic E-state index is 0.366. The summed E-state index contributed by atoms with van der Waals surface area (Å²) in [6, 6.07) is 0. The molecule has 0 aromatic heterocycles. The van der Waals surface area contributed by atoms with Crippen LogP contribution in [-0.4, -0.2) is 38.3 Å². The molecule has 0 fully saturated rings. The second-order valence-electron chi connectivity index (χ2n) is 2.53. The average Bonchev–Trinajstić information content (AvgIpc) is 1.91. The van der Waals surface area contributed by atoms with Gasteiger partial charge in [-0.05, 0) is 27.9 Å². The van der Waals surface area contributed by atoms with E-state index in [-0.39, 0.29) is 0 Å². The van der Waals surface area contributed by atoms with Gasteiger partial charge in [-0.25, -0.2) is 0 Å². The Hall–Kier alpha value is -0.0800. The van der Waals surface area contributed by atoms with Gasteiger partial charge in [-0.3, -0.25) is 0 Å². The molecule has 0 saturated heterocycles. The summed E-state index contributed by atoms with van der Waals surface area (Å²) in [4.78, 5) is 2.13. The van der Waals surface area contributed by atoms with E-state index in [1.807, 2.05) is 20.8 Å². The number of ether oxygens (including phenoxy) is 1. The maximum atomic E-state index is 5.31. The van der Waals surface area contributed by atoms with Gasteiger partial charge < -0.3 is 9.64 Å². The lowest BCUT2D eigenvalue weighted by atomic mass is 10.4. The fraction of sp³-hybridized carbons (Fsp3) is 1.00. The van der Waals surface area contributed by atoms with E-state index in [1.54, 1.807) is 0 Å². The molecule has 0 amide bonds. The number of hydrogen-bond acceptors (Lipinski definition) is 2. The maximum Gasteiger partial charge on any atom is 0.0673 e. The van der Waals surface area contributed by atoms with Gasteiger partial charge in [-0.15, -0.1) is 0 Å². The zero-order valence-corrected chi connectivity index (χ0v) is 8.85. The summed E-state index contributed by atoms with van der Waals surface area (Å²) in [5, 5.41) is 0. The summed E-state index contributed by atoms with van der Waals surface area (Å²) in [5.74, 6) is 0. The van der Waals surface area contributed by atoms with Gasteiger partial charge in [-0.1, -0.05) is 13.8 Å². The zero-order chi connectivity index (χ0) is 9.28. The zero-order valence-electron chi connectivity index (χ0n) is 8.85. The summed E-state index contributed by atoms with van der Waals surface area (Å²) >= 11 is 0. The highest BCUT2D eigenvalue weighted by molar-refractivity contribution is 4.52. The Morgan fingerprint density at radius 2 is 1.73 bits per heavy atom. The van der Waals surface area contributed by atoms with E-state index in [9.17, 15) is 0 Å². The van der Waals surface area contributed by atoms with Crippen LogP contribution in [0.15, 0.2) is 0 Å². The van der Waals surface area contributed by atoms with Gasteiger partial charge in [0.15, 0.2) is 0 Å². The fourth-order valence-corrected chi connectivity index (χ4v) is 0.851. The Balaban J connectivity index is 0. The van der Waals surface area contributed by atoms with Crippen molar-refractivity contribution in [2.45, 2.75) is 33.8 Å². The van der Waals surface area contributed by atoms with E-state index in [2.05, 4.69) is 25.9 Å². The first-order valence-electron chi connectivity index (χ1n) is 4.43. The van der Waals surface area contributed by atoms with Gasteiger partial charge in [0.2, 0.25) is 0 Å². The summed E-state index contributed by atoms with van der Waals surface area (Å²) < 4.78 is 5.31. The second kappa shape index (κ2) is 9.92. The number of nitrogens with zero attached hydrogens (tertiary/aromatic N) is 1. The molecule has 70 valence electrons. The van der Waals surface area contributed by atoms with Crippen LogP contribution >= 0.6 is 0 Å². The van der Waals surface area contributed by atoms with Gasteiger partial charge >= 0.3 is 0 Å². The van der Waals surface area contributed by atoms with Crippen LogP contribution in [0.2, 0.25) is 0 Å². The number of likely N-dealkylation sites (N-methyl/N-ethyl adjacent to an activating group) is 1. The summed E-state index contributed by atoms with van der Waals surface area (Å²) in [5.41, 5.74) is 0. The van der Waals surface area contributed by atoms with Gasteiger partial charge in [0.1, 0.15) is 0 Å². The molecule has 0 rings (SSSR count). The molecule has 0 aromatic carbocycles. The van der Waals surface area contributed by atoms with Crippen molar-refractivity contribution in [1.82, 2.24) is 4.90 Å². The Morgan fingerprint density at radius 1 is 1.27 bits per heavy atom. The van der Waals surface area contributed by atoms with Crippen molar-refractivity contribution in [3.05, 3.63) is 0 Å². The minimum Gasteiger partial charge on any atom is -0.377 e. The van der Waals surface area contributed by atoms with E-state index in [0.29, 0.717) is 6.10 Å². The smallest absolute Gasteiger partial charge is 0.0673 e. The van der Waals surface area contributed by atoms with E-state index in [4.69, 9.17) is 4.74 Å². The molecule has 0 aliphatic heterocycles. The van der Waals surface area contributed by atoms with Crippen molar-refractivity contribution < 1.29 is 4.74 Å². The monoisotopic (exact) mass is 161 g/mol. The second-order valence-corrected chi connectivity index (χ2v) is 2.53. The Bertz CT molecular complexity index is 64.6.